The summed E-state index contributed by atoms with van der Waals surface area (Å²) in [5.74, 6) is 0.340. The van der Waals surface area contributed by atoms with E-state index in [2.05, 4.69) is 30.7 Å². The van der Waals surface area contributed by atoms with Crippen molar-refractivity contribution in [3.8, 4) is 17.2 Å². The number of azo groups is 3. The van der Waals surface area contributed by atoms with E-state index in [0.29, 0.717) is 34.1 Å². The van der Waals surface area contributed by atoms with Crippen molar-refractivity contribution in [1.29, 1.82) is 0 Å². The summed E-state index contributed by atoms with van der Waals surface area (Å²) in [4.78, 5) is 0. The van der Waals surface area contributed by atoms with Gasteiger partial charge in [-0.25, -0.2) is 0 Å². The molecule has 6 rings (SSSR count). The lowest BCUT2D eigenvalue weighted by molar-refractivity contribution is 0.299. The lowest BCUT2D eigenvalue weighted by Crippen LogP contribution is -2.08. The Bertz CT molecular complexity index is 1820. The second kappa shape index (κ2) is 15.2. The van der Waals surface area contributed by atoms with Crippen LogP contribution in [0.3, 0.4) is 0 Å². The first kappa shape index (κ1) is 30.8. The third-order valence-electron chi connectivity index (χ3n) is 6.31. The van der Waals surface area contributed by atoms with Gasteiger partial charge in [-0.2, -0.15) is 19.9 Å². The number of benzene rings is 6. The maximum absolute atomic E-state index is 14.7. The molecule has 0 heterocycles. The molecule has 10 nitrogen and oxygen atoms in total. The van der Waals surface area contributed by atoms with Crippen LogP contribution in [-0.4, -0.2) is 0 Å². The van der Waals surface area contributed by atoms with E-state index < -0.39 is 7.82 Å². The lowest BCUT2D eigenvalue weighted by Gasteiger charge is -2.21. The van der Waals surface area contributed by atoms with E-state index in [-0.39, 0.29) is 17.2 Å². The Morgan fingerprint density at radius 2 is 0.574 bits per heavy atom. The van der Waals surface area contributed by atoms with Crippen molar-refractivity contribution >= 4 is 41.9 Å². The number of para-hydroxylation sites is 3. The van der Waals surface area contributed by atoms with Crippen molar-refractivity contribution in [3.05, 3.63) is 164 Å². The number of hydrogen-bond acceptors (Lipinski definition) is 10. The molecule has 0 saturated heterocycles. The summed E-state index contributed by atoms with van der Waals surface area (Å²) >= 11 is 0. The zero-order valence-corrected chi connectivity index (χ0v) is 25.7. The SMILES string of the molecule is O=P(Oc1ccccc1/N=N/c1ccccc1)(Oc1ccccc1/N=N/c1ccccc1)Oc1ccccc1/N=N/c1ccccc1. The normalized spacial score (nSPS) is 11.7. The quantitative estimate of drug-likeness (QED) is 0.0978. The Morgan fingerprint density at radius 1 is 0.319 bits per heavy atom. The molecule has 11 heteroatoms. The largest absolute Gasteiger partial charge is 0.647 e. The van der Waals surface area contributed by atoms with Gasteiger partial charge in [-0.3, -0.25) is 0 Å². The van der Waals surface area contributed by atoms with Gasteiger partial charge in [0.1, 0.15) is 17.1 Å². The van der Waals surface area contributed by atoms with Gasteiger partial charge in [0.25, 0.3) is 0 Å². The minimum absolute atomic E-state index is 0.113. The first-order valence-electron chi connectivity index (χ1n) is 14.5. The average Bonchev–Trinajstić information content (AvgIpc) is 3.12. The molecule has 47 heavy (non-hydrogen) atoms. The van der Waals surface area contributed by atoms with E-state index in [4.69, 9.17) is 13.6 Å². The Labute approximate surface area is 271 Å². The lowest BCUT2D eigenvalue weighted by atomic mass is 10.3. The van der Waals surface area contributed by atoms with Gasteiger partial charge in [0.15, 0.2) is 17.2 Å². The summed E-state index contributed by atoms with van der Waals surface area (Å²) < 4.78 is 33.0. The molecule has 0 N–H and O–H groups in total. The molecule has 0 saturated carbocycles. The Kier molecular flexibility index (Phi) is 9.92. The van der Waals surface area contributed by atoms with Gasteiger partial charge in [-0.15, -0.1) is 15.3 Å². The maximum Gasteiger partial charge on any atom is 0.647 e. The molecule has 0 aromatic heterocycles. The topological polar surface area (TPSA) is 119 Å². The van der Waals surface area contributed by atoms with Crippen LogP contribution in [0.1, 0.15) is 0 Å². The zero-order valence-electron chi connectivity index (χ0n) is 24.9. The van der Waals surface area contributed by atoms with Crippen molar-refractivity contribution in [2.75, 3.05) is 0 Å². The summed E-state index contributed by atoms with van der Waals surface area (Å²) in [6.07, 6.45) is 0. The molecule has 0 aliphatic rings. The predicted molar refractivity (Wildman–Crippen MR) is 181 cm³/mol. The summed E-state index contributed by atoms with van der Waals surface area (Å²) in [5, 5.41) is 25.9. The van der Waals surface area contributed by atoms with Crippen LogP contribution in [0.4, 0.5) is 34.1 Å². The van der Waals surface area contributed by atoms with Gasteiger partial charge < -0.3 is 13.6 Å². The third-order valence-corrected chi connectivity index (χ3v) is 7.58. The highest BCUT2D eigenvalue weighted by atomic mass is 31.2. The summed E-state index contributed by atoms with van der Waals surface area (Å²) in [5.41, 5.74) is 2.81. The smallest absolute Gasteiger partial charge is 0.384 e. The molecule has 230 valence electrons. The van der Waals surface area contributed by atoms with Gasteiger partial charge in [-0.1, -0.05) is 91.0 Å². The van der Waals surface area contributed by atoms with Gasteiger partial charge in [0.05, 0.1) is 17.1 Å². The first-order valence-corrected chi connectivity index (χ1v) is 16.0. The van der Waals surface area contributed by atoms with E-state index >= 15 is 0 Å². The molecule has 0 aliphatic carbocycles. The first-order chi connectivity index (χ1) is 23.1. The highest BCUT2D eigenvalue weighted by Gasteiger charge is 2.36. The van der Waals surface area contributed by atoms with Gasteiger partial charge >= 0.3 is 7.82 Å². The van der Waals surface area contributed by atoms with Gasteiger partial charge in [-0.05, 0) is 72.8 Å². The number of nitrogens with zero attached hydrogens (tertiary/aromatic N) is 6. The molecule has 6 aromatic rings. The third kappa shape index (κ3) is 8.69. The molecular formula is C36H27N6O4P. The van der Waals surface area contributed by atoms with Crippen molar-refractivity contribution in [2.24, 2.45) is 30.7 Å². The van der Waals surface area contributed by atoms with Crippen LogP contribution in [0, 0.1) is 0 Å². The highest BCUT2D eigenvalue weighted by molar-refractivity contribution is 7.49. The number of rotatable bonds is 12. The zero-order chi connectivity index (χ0) is 32.2. The van der Waals surface area contributed by atoms with Crippen LogP contribution in [0.15, 0.2) is 194 Å². The number of phosphoric ester groups is 1. The van der Waals surface area contributed by atoms with Crippen molar-refractivity contribution < 1.29 is 18.1 Å². The molecule has 0 unspecified atom stereocenters. The average molecular weight is 639 g/mol. The molecule has 0 amide bonds. The van der Waals surface area contributed by atoms with Gasteiger partial charge in [0.2, 0.25) is 0 Å². The molecule has 0 bridgehead atoms. The second-order valence-electron chi connectivity index (χ2n) is 9.73. The van der Waals surface area contributed by atoms with E-state index in [1.807, 2.05) is 91.0 Å². The van der Waals surface area contributed by atoms with Crippen LogP contribution >= 0.6 is 7.82 Å². The number of hydrogen-bond donors (Lipinski definition) is 0. The van der Waals surface area contributed by atoms with Crippen LogP contribution in [0.25, 0.3) is 0 Å². The molecular weight excluding hydrogens is 611 g/mol. The summed E-state index contributed by atoms with van der Waals surface area (Å²) in [6, 6.07) is 47.9. The Hall–Kier alpha value is -6.25. The molecule has 0 radical (unpaired) electrons. The summed E-state index contributed by atoms with van der Waals surface area (Å²) in [7, 11) is -4.56. The van der Waals surface area contributed by atoms with Crippen molar-refractivity contribution in [1.82, 2.24) is 0 Å². The molecule has 6 aromatic carbocycles. The summed E-state index contributed by atoms with van der Waals surface area (Å²) in [6.45, 7) is 0. The molecule has 0 spiro atoms. The van der Waals surface area contributed by atoms with E-state index in [0.717, 1.165) is 0 Å². The second-order valence-corrected chi connectivity index (χ2v) is 11.2. The minimum atomic E-state index is -4.56. The maximum atomic E-state index is 14.7. The van der Waals surface area contributed by atoms with Crippen molar-refractivity contribution in [2.45, 2.75) is 0 Å². The van der Waals surface area contributed by atoms with Crippen molar-refractivity contribution in [3.63, 3.8) is 0 Å². The van der Waals surface area contributed by atoms with E-state index in [1.54, 1.807) is 72.8 Å². The standard InChI is InChI=1S/C36H27N6O4P/c43-47(44-34-25-13-10-22-31(34)40-37-28-16-4-1-5-17-28,45-35-26-14-11-23-32(35)41-38-29-18-6-2-7-19-29)46-36-27-15-12-24-33(36)42-39-30-20-8-3-9-21-30/h1-27H/b40-37+,41-38+,42-39+. The van der Waals surface area contributed by atoms with Crippen LogP contribution in [-0.2, 0) is 4.57 Å². The predicted octanol–water partition coefficient (Wildman–Crippen LogP) is 12.6. The fourth-order valence-corrected chi connectivity index (χ4v) is 5.38. The van der Waals surface area contributed by atoms with Crippen LogP contribution < -0.4 is 13.6 Å². The monoisotopic (exact) mass is 638 g/mol. The Balaban J connectivity index is 1.36. The Morgan fingerprint density at radius 3 is 0.872 bits per heavy atom. The van der Waals surface area contributed by atoms with E-state index in [1.165, 1.54) is 0 Å². The fourth-order valence-electron chi connectivity index (χ4n) is 4.09. The van der Waals surface area contributed by atoms with Gasteiger partial charge in [0, 0.05) is 0 Å². The van der Waals surface area contributed by atoms with Crippen LogP contribution in [0.2, 0.25) is 0 Å². The number of phosphoric acid groups is 1. The highest BCUT2D eigenvalue weighted by Crippen LogP contribution is 2.54. The fraction of sp³-hybridized carbons (Fsp3) is 0. The molecule has 0 fully saturated rings. The minimum Gasteiger partial charge on any atom is -0.384 e. The van der Waals surface area contributed by atoms with E-state index in [9.17, 15) is 4.57 Å². The molecule has 0 atom stereocenters. The van der Waals surface area contributed by atoms with Crippen LogP contribution in [0.5, 0.6) is 17.2 Å². The molecule has 0 aliphatic heterocycles.